The van der Waals surface area contributed by atoms with Gasteiger partial charge in [0.2, 0.25) is 0 Å². The van der Waals surface area contributed by atoms with Crippen molar-refractivity contribution in [1.29, 1.82) is 0 Å². The summed E-state index contributed by atoms with van der Waals surface area (Å²) in [7, 11) is -4.03. The number of halogens is 2. The van der Waals surface area contributed by atoms with E-state index in [9.17, 15) is 13.2 Å². The fourth-order valence-electron chi connectivity index (χ4n) is 1.49. The molecule has 1 heterocycles. The van der Waals surface area contributed by atoms with Crippen molar-refractivity contribution in [1.82, 2.24) is 4.98 Å². The van der Waals surface area contributed by atoms with Crippen LogP contribution < -0.4 is 4.72 Å². The molecule has 1 aromatic heterocycles. The lowest BCUT2D eigenvalue weighted by Gasteiger charge is -2.09. The first-order valence-electron chi connectivity index (χ1n) is 5.48. The van der Waals surface area contributed by atoms with E-state index < -0.39 is 16.0 Å². The van der Waals surface area contributed by atoms with Gasteiger partial charge in [-0.05, 0) is 30.3 Å². The number of aromatic carboxylic acids is 1. The van der Waals surface area contributed by atoms with Gasteiger partial charge in [-0.2, -0.15) is 0 Å². The van der Waals surface area contributed by atoms with Gasteiger partial charge < -0.3 is 5.11 Å². The third-order valence-corrected chi connectivity index (χ3v) is 4.46. The topological polar surface area (TPSA) is 96.4 Å². The molecule has 21 heavy (non-hydrogen) atoms. The number of benzene rings is 1. The average molecular weight is 347 g/mol. The van der Waals surface area contributed by atoms with E-state index in [1.54, 1.807) is 0 Å². The van der Waals surface area contributed by atoms with Crippen LogP contribution >= 0.6 is 23.2 Å². The molecule has 0 aliphatic rings. The Balaban J connectivity index is 2.40. The number of aromatic nitrogens is 1. The van der Waals surface area contributed by atoms with Gasteiger partial charge in [-0.15, -0.1) is 0 Å². The molecule has 1 aromatic carbocycles. The third-order valence-electron chi connectivity index (χ3n) is 2.39. The first-order chi connectivity index (χ1) is 9.79. The molecule has 9 heteroatoms. The Morgan fingerprint density at radius 2 is 1.90 bits per heavy atom. The van der Waals surface area contributed by atoms with Crippen LogP contribution in [0.2, 0.25) is 10.0 Å². The molecule has 6 nitrogen and oxygen atoms in total. The predicted molar refractivity (Wildman–Crippen MR) is 78.5 cm³/mol. The number of anilines is 1. The lowest BCUT2D eigenvalue weighted by molar-refractivity contribution is 0.0690. The Labute approximate surface area is 130 Å². The van der Waals surface area contributed by atoms with Gasteiger partial charge in [-0.3, -0.25) is 4.72 Å². The minimum Gasteiger partial charge on any atom is -0.477 e. The highest BCUT2D eigenvalue weighted by Crippen LogP contribution is 2.26. The average Bonchev–Trinajstić information content (AvgIpc) is 2.41. The third kappa shape index (κ3) is 3.63. The highest BCUT2D eigenvalue weighted by atomic mass is 35.5. The SMILES string of the molecule is O=C(O)c1cccc(NS(=O)(=O)c2cc(Cl)ccc2Cl)n1. The van der Waals surface area contributed by atoms with Crippen LogP contribution in [0.5, 0.6) is 0 Å². The van der Waals surface area contributed by atoms with Gasteiger partial charge in [0.1, 0.15) is 10.7 Å². The summed E-state index contributed by atoms with van der Waals surface area (Å²) < 4.78 is 26.6. The minimum absolute atomic E-state index is 0.0127. The van der Waals surface area contributed by atoms with Gasteiger partial charge in [0.25, 0.3) is 10.0 Å². The molecule has 0 fully saturated rings. The van der Waals surface area contributed by atoms with Crippen LogP contribution in [-0.2, 0) is 10.0 Å². The smallest absolute Gasteiger partial charge is 0.354 e. The molecule has 0 unspecified atom stereocenters. The Morgan fingerprint density at radius 1 is 1.19 bits per heavy atom. The van der Waals surface area contributed by atoms with Crippen molar-refractivity contribution in [2.45, 2.75) is 4.90 Å². The molecule has 0 radical (unpaired) electrons. The number of nitrogens with one attached hydrogen (secondary N) is 1. The molecule has 2 aromatic rings. The quantitative estimate of drug-likeness (QED) is 0.887. The summed E-state index contributed by atoms with van der Waals surface area (Å²) in [6.07, 6.45) is 0. The molecule has 0 aliphatic carbocycles. The predicted octanol–water partition coefficient (Wildman–Crippen LogP) is 2.89. The van der Waals surface area contributed by atoms with E-state index in [1.165, 1.54) is 36.4 Å². The summed E-state index contributed by atoms with van der Waals surface area (Å²) in [5, 5.41) is 9.02. The number of sulfonamides is 1. The highest BCUT2D eigenvalue weighted by molar-refractivity contribution is 7.92. The second-order valence-corrected chi connectivity index (χ2v) is 6.39. The van der Waals surface area contributed by atoms with Gasteiger partial charge in [0.15, 0.2) is 5.69 Å². The van der Waals surface area contributed by atoms with Gasteiger partial charge in [0, 0.05) is 5.02 Å². The fraction of sp³-hybridized carbons (Fsp3) is 0. The maximum atomic E-state index is 12.2. The van der Waals surface area contributed by atoms with Crippen LogP contribution in [0.3, 0.4) is 0 Å². The summed E-state index contributed by atoms with van der Waals surface area (Å²) in [4.78, 5) is 14.3. The highest BCUT2D eigenvalue weighted by Gasteiger charge is 2.19. The van der Waals surface area contributed by atoms with E-state index in [2.05, 4.69) is 9.71 Å². The number of rotatable bonds is 4. The molecule has 110 valence electrons. The normalized spacial score (nSPS) is 11.1. The molecule has 0 spiro atoms. The summed E-state index contributed by atoms with van der Waals surface area (Å²) in [5.41, 5.74) is -0.285. The van der Waals surface area contributed by atoms with E-state index in [4.69, 9.17) is 28.3 Å². The number of pyridine rings is 1. The fourth-order valence-corrected chi connectivity index (χ4v) is 3.25. The molecule has 0 amide bonds. The first kappa shape index (κ1) is 15.6. The number of hydrogen-bond acceptors (Lipinski definition) is 4. The molecule has 0 saturated carbocycles. The van der Waals surface area contributed by atoms with Crippen molar-refractivity contribution in [2.24, 2.45) is 0 Å². The van der Waals surface area contributed by atoms with Gasteiger partial charge in [-0.25, -0.2) is 18.2 Å². The summed E-state index contributed by atoms with van der Waals surface area (Å²) in [5.74, 6) is -1.40. The summed E-state index contributed by atoms with van der Waals surface area (Å²) >= 11 is 11.6. The van der Waals surface area contributed by atoms with Crippen molar-refractivity contribution in [3.8, 4) is 0 Å². The van der Waals surface area contributed by atoms with Crippen molar-refractivity contribution in [3.05, 3.63) is 52.1 Å². The van der Waals surface area contributed by atoms with Crippen molar-refractivity contribution in [2.75, 3.05) is 4.72 Å². The Hall–Kier alpha value is -1.83. The second-order valence-electron chi connectivity index (χ2n) is 3.89. The lowest BCUT2D eigenvalue weighted by Crippen LogP contribution is -2.15. The molecule has 2 N–H and O–H groups in total. The maximum Gasteiger partial charge on any atom is 0.354 e. The maximum absolute atomic E-state index is 12.2. The molecule has 0 aliphatic heterocycles. The number of carboxylic acids is 1. The standard InChI is InChI=1S/C12H8Cl2N2O4S/c13-7-4-5-8(14)10(6-7)21(19,20)16-11-3-1-2-9(15-11)12(17)18/h1-6H,(H,15,16)(H,17,18). The monoisotopic (exact) mass is 346 g/mol. The summed E-state index contributed by atoms with van der Waals surface area (Å²) in [6.45, 7) is 0. The largest absolute Gasteiger partial charge is 0.477 e. The van der Waals surface area contributed by atoms with Crippen molar-refractivity contribution < 1.29 is 18.3 Å². The molecular formula is C12H8Cl2N2O4S. The van der Waals surface area contributed by atoms with Crippen LogP contribution in [0.4, 0.5) is 5.82 Å². The zero-order valence-electron chi connectivity index (χ0n) is 10.2. The van der Waals surface area contributed by atoms with Gasteiger partial charge in [0.05, 0.1) is 5.02 Å². The zero-order chi connectivity index (χ0) is 15.6. The van der Waals surface area contributed by atoms with Crippen LogP contribution in [0.25, 0.3) is 0 Å². The molecule has 0 atom stereocenters. The minimum atomic E-state index is -4.03. The molecule has 2 rings (SSSR count). The lowest BCUT2D eigenvalue weighted by atomic mass is 10.3. The van der Waals surface area contributed by atoms with Gasteiger partial charge >= 0.3 is 5.97 Å². The number of carboxylic acid groups (broad SMARTS) is 1. The van der Waals surface area contributed by atoms with Crippen LogP contribution in [-0.4, -0.2) is 24.5 Å². The Morgan fingerprint density at radius 3 is 2.57 bits per heavy atom. The molecular weight excluding hydrogens is 339 g/mol. The van der Waals surface area contributed by atoms with Crippen molar-refractivity contribution in [3.63, 3.8) is 0 Å². The van der Waals surface area contributed by atoms with E-state index in [0.717, 1.165) is 0 Å². The van der Waals surface area contributed by atoms with Crippen LogP contribution in [0, 0.1) is 0 Å². The Bertz CT molecular complexity index is 809. The van der Waals surface area contributed by atoms with E-state index >= 15 is 0 Å². The van der Waals surface area contributed by atoms with E-state index in [1.807, 2.05) is 0 Å². The van der Waals surface area contributed by atoms with Crippen molar-refractivity contribution >= 4 is 45.0 Å². The first-order valence-corrected chi connectivity index (χ1v) is 7.72. The van der Waals surface area contributed by atoms with Crippen LogP contribution in [0.1, 0.15) is 10.5 Å². The molecule has 0 bridgehead atoms. The van der Waals surface area contributed by atoms with E-state index in [0.29, 0.717) is 0 Å². The second kappa shape index (κ2) is 5.88. The van der Waals surface area contributed by atoms with Gasteiger partial charge in [-0.1, -0.05) is 29.3 Å². The summed E-state index contributed by atoms with van der Waals surface area (Å²) in [6, 6.07) is 7.92. The number of carbonyl (C=O) groups is 1. The zero-order valence-corrected chi connectivity index (χ0v) is 12.6. The number of hydrogen-bond donors (Lipinski definition) is 2. The number of nitrogens with zero attached hydrogens (tertiary/aromatic N) is 1. The van der Waals surface area contributed by atoms with Crippen LogP contribution in [0.15, 0.2) is 41.3 Å². The van der Waals surface area contributed by atoms with E-state index in [-0.39, 0.29) is 26.5 Å². The Kier molecular flexibility index (Phi) is 4.36. The molecule has 0 saturated heterocycles.